The van der Waals surface area contributed by atoms with E-state index in [0.29, 0.717) is 18.3 Å². The molecular formula is C28H47FO. The molecule has 0 bridgehead atoms. The summed E-state index contributed by atoms with van der Waals surface area (Å²) in [5, 5.41) is 0. The number of hydrogen-bond donors (Lipinski definition) is 0. The summed E-state index contributed by atoms with van der Waals surface area (Å²) in [5.74, 6) is 1.70. The van der Waals surface area contributed by atoms with E-state index in [1.807, 2.05) is 6.07 Å². The average Bonchev–Trinajstić information content (AvgIpc) is 2.77. The predicted octanol–water partition coefficient (Wildman–Crippen LogP) is 9.59. The van der Waals surface area contributed by atoms with E-state index in [1.54, 1.807) is 6.07 Å². The minimum atomic E-state index is -0.173. The van der Waals surface area contributed by atoms with Gasteiger partial charge in [-0.2, -0.15) is 0 Å². The van der Waals surface area contributed by atoms with E-state index in [1.165, 1.54) is 108 Å². The van der Waals surface area contributed by atoms with Crippen LogP contribution in [0.4, 0.5) is 4.39 Å². The van der Waals surface area contributed by atoms with Crippen molar-refractivity contribution in [3.63, 3.8) is 0 Å². The van der Waals surface area contributed by atoms with Gasteiger partial charge in [-0.15, -0.1) is 0 Å². The normalized spacial score (nSPS) is 19.2. The van der Waals surface area contributed by atoms with Crippen molar-refractivity contribution in [2.45, 2.75) is 129 Å². The van der Waals surface area contributed by atoms with Crippen LogP contribution in [-0.4, -0.2) is 6.61 Å². The first kappa shape index (κ1) is 25.2. The van der Waals surface area contributed by atoms with Crippen molar-refractivity contribution in [2.75, 3.05) is 6.61 Å². The zero-order valence-electron chi connectivity index (χ0n) is 19.9. The third-order valence-corrected chi connectivity index (χ3v) is 7.00. The van der Waals surface area contributed by atoms with Gasteiger partial charge >= 0.3 is 0 Å². The molecule has 30 heavy (non-hydrogen) atoms. The van der Waals surface area contributed by atoms with Gasteiger partial charge in [-0.25, -0.2) is 4.39 Å². The van der Waals surface area contributed by atoms with Gasteiger partial charge in [0.25, 0.3) is 0 Å². The van der Waals surface area contributed by atoms with Crippen molar-refractivity contribution < 1.29 is 9.13 Å². The van der Waals surface area contributed by atoms with E-state index in [9.17, 15) is 4.39 Å². The van der Waals surface area contributed by atoms with Crippen molar-refractivity contribution in [3.8, 4) is 5.75 Å². The fraction of sp³-hybridized carbons (Fsp3) is 0.786. The first-order valence-corrected chi connectivity index (χ1v) is 13.2. The van der Waals surface area contributed by atoms with Crippen molar-refractivity contribution >= 4 is 0 Å². The lowest BCUT2D eigenvalue weighted by Gasteiger charge is -2.29. The molecule has 1 fully saturated rings. The molecule has 1 aromatic carbocycles. The standard InChI is InChI=1S/C28H47FO/c1-3-5-7-8-9-10-11-12-13-14-22-30-28-21-20-26(23-27(28)29)25-18-16-24(17-19-25)15-6-4-2/h20-21,23-25H,3-19,22H2,1-2H3. The zero-order chi connectivity index (χ0) is 21.4. The molecule has 172 valence electrons. The van der Waals surface area contributed by atoms with Crippen LogP contribution in [0.5, 0.6) is 5.75 Å². The molecule has 1 aromatic rings. The minimum absolute atomic E-state index is 0.173. The highest BCUT2D eigenvalue weighted by Crippen LogP contribution is 2.38. The fourth-order valence-electron chi connectivity index (χ4n) is 4.94. The van der Waals surface area contributed by atoms with Gasteiger partial charge in [0.15, 0.2) is 11.6 Å². The number of benzene rings is 1. The number of hydrogen-bond acceptors (Lipinski definition) is 1. The second kappa shape index (κ2) is 15.7. The van der Waals surface area contributed by atoms with Crippen LogP contribution in [0.25, 0.3) is 0 Å². The van der Waals surface area contributed by atoms with E-state index in [2.05, 4.69) is 19.9 Å². The topological polar surface area (TPSA) is 9.23 Å². The molecule has 0 aliphatic heterocycles. The largest absolute Gasteiger partial charge is 0.491 e. The number of unbranched alkanes of at least 4 members (excludes halogenated alkanes) is 10. The molecule has 1 nitrogen and oxygen atoms in total. The maximum absolute atomic E-state index is 14.5. The van der Waals surface area contributed by atoms with Crippen LogP contribution < -0.4 is 4.74 Å². The van der Waals surface area contributed by atoms with Crippen LogP contribution in [0, 0.1) is 11.7 Å². The van der Waals surface area contributed by atoms with Crippen LogP contribution >= 0.6 is 0 Å². The molecule has 2 heteroatoms. The lowest BCUT2D eigenvalue weighted by Crippen LogP contribution is -2.13. The number of ether oxygens (including phenoxy) is 1. The Hall–Kier alpha value is -1.05. The van der Waals surface area contributed by atoms with Gasteiger partial charge in [-0.3, -0.25) is 0 Å². The highest BCUT2D eigenvalue weighted by molar-refractivity contribution is 5.31. The Morgan fingerprint density at radius 3 is 1.97 bits per heavy atom. The Kier molecular flexibility index (Phi) is 13.2. The van der Waals surface area contributed by atoms with Crippen LogP contribution in [0.3, 0.4) is 0 Å². The molecule has 0 aromatic heterocycles. The van der Waals surface area contributed by atoms with Crippen molar-refractivity contribution in [1.82, 2.24) is 0 Å². The van der Waals surface area contributed by atoms with Crippen LogP contribution in [0.1, 0.15) is 134 Å². The SMILES string of the molecule is CCCCCCCCCCCCOc1ccc(C2CCC(CCCC)CC2)cc1F. The molecule has 0 atom stereocenters. The molecule has 2 rings (SSSR count). The van der Waals surface area contributed by atoms with Crippen LogP contribution in [0.15, 0.2) is 18.2 Å². The van der Waals surface area contributed by atoms with Crippen molar-refractivity contribution in [2.24, 2.45) is 5.92 Å². The van der Waals surface area contributed by atoms with E-state index in [-0.39, 0.29) is 5.82 Å². The Labute approximate surface area is 186 Å². The molecule has 1 aliphatic rings. The molecular weight excluding hydrogens is 371 g/mol. The molecule has 0 amide bonds. The summed E-state index contributed by atoms with van der Waals surface area (Å²) in [6.45, 7) is 5.17. The molecule has 1 aliphatic carbocycles. The summed E-state index contributed by atoms with van der Waals surface area (Å²) in [7, 11) is 0. The fourth-order valence-corrected chi connectivity index (χ4v) is 4.94. The summed E-state index contributed by atoms with van der Waals surface area (Å²) in [5.41, 5.74) is 1.17. The van der Waals surface area contributed by atoms with Crippen molar-refractivity contribution in [1.29, 1.82) is 0 Å². The van der Waals surface area contributed by atoms with Crippen molar-refractivity contribution in [3.05, 3.63) is 29.6 Å². The highest BCUT2D eigenvalue weighted by Gasteiger charge is 2.22. The quantitative estimate of drug-likeness (QED) is 0.243. The van der Waals surface area contributed by atoms with Crippen LogP contribution in [0.2, 0.25) is 0 Å². The predicted molar refractivity (Wildman–Crippen MR) is 128 cm³/mol. The summed E-state index contributed by atoms with van der Waals surface area (Å²) >= 11 is 0. The molecule has 0 spiro atoms. The third-order valence-electron chi connectivity index (χ3n) is 7.00. The van der Waals surface area contributed by atoms with Gasteiger partial charge in [0.2, 0.25) is 0 Å². The minimum Gasteiger partial charge on any atom is -0.491 e. The van der Waals surface area contributed by atoms with E-state index in [0.717, 1.165) is 12.3 Å². The monoisotopic (exact) mass is 418 g/mol. The molecule has 0 radical (unpaired) electrons. The molecule has 1 saturated carbocycles. The summed E-state index contributed by atoms with van der Waals surface area (Å²) < 4.78 is 20.3. The highest BCUT2D eigenvalue weighted by atomic mass is 19.1. The van der Waals surface area contributed by atoms with Crippen LogP contribution in [-0.2, 0) is 0 Å². The average molecular weight is 419 g/mol. The third kappa shape index (κ3) is 9.84. The molecule has 0 heterocycles. The van der Waals surface area contributed by atoms with Gasteiger partial charge in [-0.05, 0) is 61.6 Å². The Balaban J connectivity index is 1.57. The Morgan fingerprint density at radius 1 is 0.767 bits per heavy atom. The number of halogens is 1. The summed E-state index contributed by atoms with van der Waals surface area (Å²) in [6, 6.07) is 5.71. The van der Waals surface area contributed by atoms with Gasteiger partial charge in [0, 0.05) is 0 Å². The zero-order valence-corrected chi connectivity index (χ0v) is 19.9. The van der Waals surface area contributed by atoms with Gasteiger partial charge in [-0.1, -0.05) is 97.0 Å². The second-order valence-electron chi connectivity index (χ2n) is 9.58. The first-order chi connectivity index (χ1) is 14.7. The Morgan fingerprint density at radius 2 is 1.37 bits per heavy atom. The first-order valence-electron chi connectivity index (χ1n) is 13.2. The molecule has 0 unspecified atom stereocenters. The number of rotatable bonds is 16. The van der Waals surface area contributed by atoms with Gasteiger partial charge in [0.1, 0.15) is 0 Å². The molecule has 0 saturated heterocycles. The van der Waals surface area contributed by atoms with Gasteiger partial charge < -0.3 is 4.74 Å². The van der Waals surface area contributed by atoms with E-state index >= 15 is 0 Å². The lowest BCUT2D eigenvalue weighted by molar-refractivity contribution is 0.287. The Bertz CT molecular complexity index is 548. The lowest BCUT2D eigenvalue weighted by atomic mass is 9.77. The maximum atomic E-state index is 14.5. The van der Waals surface area contributed by atoms with E-state index < -0.39 is 0 Å². The smallest absolute Gasteiger partial charge is 0.165 e. The molecule has 0 N–H and O–H groups in total. The summed E-state index contributed by atoms with van der Waals surface area (Å²) in [6.07, 6.45) is 22.1. The van der Waals surface area contributed by atoms with Gasteiger partial charge in [0.05, 0.1) is 6.61 Å². The second-order valence-corrected chi connectivity index (χ2v) is 9.58. The van der Waals surface area contributed by atoms with E-state index in [4.69, 9.17) is 4.74 Å². The summed E-state index contributed by atoms with van der Waals surface area (Å²) in [4.78, 5) is 0. The maximum Gasteiger partial charge on any atom is 0.165 e.